The first-order valence-corrected chi connectivity index (χ1v) is 11.1. The van der Waals surface area contributed by atoms with Gasteiger partial charge in [0, 0.05) is 55.7 Å². The van der Waals surface area contributed by atoms with Gasteiger partial charge in [0.05, 0.1) is 23.3 Å². The summed E-state index contributed by atoms with van der Waals surface area (Å²) in [5, 5.41) is 3.65. The first-order chi connectivity index (χ1) is 16.3. The number of aromatic nitrogens is 3. The average Bonchev–Trinajstić information content (AvgIpc) is 3.40. The number of imidazole rings is 1. The number of carbonyl (C=O) groups excluding carboxylic acids is 1. The summed E-state index contributed by atoms with van der Waals surface area (Å²) in [6.45, 7) is 3.81. The number of carbonyl (C=O) groups is 1. The smallest absolute Gasteiger partial charge is 0.338 e. The highest BCUT2D eigenvalue weighted by Gasteiger charge is 2.30. The number of pyridine rings is 1. The number of nitrogens with zero attached hydrogens (tertiary/aromatic N) is 4. The van der Waals surface area contributed by atoms with Gasteiger partial charge in [0.1, 0.15) is 6.61 Å². The third-order valence-corrected chi connectivity index (χ3v) is 6.50. The van der Waals surface area contributed by atoms with Gasteiger partial charge in [0.2, 0.25) is 0 Å². The van der Waals surface area contributed by atoms with E-state index in [9.17, 15) is 18.4 Å². The Kier molecular flexibility index (Phi) is 5.78. The van der Waals surface area contributed by atoms with Crippen LogP contribution in [0, 0.1) is 6.92 Å². The van der Waals surface area contributed by atoms with E-state index < -0.39 is 12.1 Å². The van der Waals surface area contributed by atoms with Gasteiger partial charge >= 0.3 is 12.5 Å². The van der Waals surface area contributed by atoms with Gasteiger partial charge in [-0.25, -0.2) is 9.78 Å². The second-order valence-electron chi connectivity index (χ2n) is 8.88. The molecule has 8 nitrogen and oxygen atoms in total. The third kappa shape index (κ3) is 4.14. The van der Waals surface area contributed by atoms with Crippen molar-refractivity contribution in [2.75, 3.05) is 13.1 Å². The van der Waals surface area contributed by atoms with Crippen molar-refractivity contribution >= 4 is 5.97 Å². The molecule has 5 rings (SSSR count). The second-order valence-corrected chi connectivity index (χ2v) is 8.88. The molecule has 34 heavy (non-hydrogen) atoms. The summed E-state index contributed by atoms with van der Waals surface area (Å²) in [6.07, 6.45) is 4.48. The fourth-order valence-corrected chi connectivity index (χ4v) is 4.85. The molecule has 3 aromatic rings. The minimum Gasteiger partial charge on any atom is -0.457 e. The number of rotatable bonds is 5. The number of nitrogens with one attached hydrogen (secondary N) is 1. The highest BCUT2D eigenvalue weighted by Crippen LogP contribution is 2.31. The van der Waals surface area contributed by atoms with E-state index in [0.717, 1.165) is 41.7 Å². The van der Waals surface area contributed by atoms with Crippen molar-refractivity contribution in [3.63, 3.8) is 0 Å². The van der Waals surface area contributed by atoms with Crippen molar-refractivity contribution in [3.8, 4) is 5.69 Å². The predicted octanol–water partition coefficient (Wildman–Crippen LogP) is 2.94. The maximum Gasteiger partial charge on any atom is 0.338 e. The first kappa shape index (κ1) is 22.4. The monoisotopic (exact) mass is 469 g/mol. The summed E-state index contributed by atoms with van der Waals surface area (Å²) < 4.78 is 32.9. The molecule has 2 aliphatic heterocycles. The van der Waals surface area contributed by atoms with Crippen molar-refractivity contribution in [1.82, 2.24) is 24.3 Å². The molecule has 1 saturated heterocycles. The molecule has 2 atom stereocenters. The lowest BCUT2D eigenvalue weighted by molar-refractivity contribution is 0.0534. The van der Waals surface area contributed by atoms with Gasteiger partial charge in [0.15, 0.2) is 0 Å². The Morgan fingerprint density at radius 2 is 2.06 bits per heavy atom. The zero-order valence-corrected chi connectivity index (χ0v) is 18.9. The highest BCUT2D eigenvalue weighted by atomic mass is 19.3. The Morgan fingerprint density at radius 3 is 2.82 bits per heavy atom. The van der Waals surface area contributed by atoms with Crippen LogP contribution in [0.3, 0.4) is 0 Å². The molecule has 0 aliphatic carbocycles. The SMILES string of the molecule is Cc1c([C@@H]2CN(Cc3cn(-c4ccn(C(F)F)c(=O)c4)cn3)C[C@H](C)N2)ccc2c1COC2=O. The van der Waals surface area contributed by atoms with Gasteiger partial charge in [-0.05, 0) is 37.1 Å². The number of alkyl halides is 2. The number of fused-ring (bicyclic) bond motifs is 1. The Balaban J connectivity index is 1.32. The molecule has 2 aromatic heterocycles. The molecule has 0 bridgehead atoms. The van der Waals surface area contributed by atoms with E-state index in [0.29, 0.717) is 29.0 Å². The Bertz CT molecular complexity index is 1300. The fraction of sp³-hybridized carbons (Fsp3) is 0.375. The maximum atomic E-state index is 12.8. The van der Waals surface area contributed by atoms with Crippen LogP contribution in [0.2, 0.25) is 0 Å². The van der Waals surface area contributed by atoms with Crippen LogP contribution in [0.4, 0.5) is 8.78 Å². The van der Waals surface area contributed by atoms with Gasteiger partial charge in [-0.15, -0.1) is 0 Å². The molecule has 1 fully saturated rings. The van der Waals surface area contributed by atoms with Gasteiger partial charge < -0.3 is 14.6 Å². The molecule has 2 aliphatic rings. The molecule has 0 unspecified atom stereocenters. The molecular formula is C24H25F2N5O3. The molecule has 0 amide bonds. The van der Waals surface area contributed by atoms with Crippen LogP contribution in [0.5, 0.6) is 0 Å². The third-order valence-electron chi connectivity index (χ3n) is 6.50. The molecule has 4 heterocycles. The minimum absolute atomic E-state index is 0.0915. The van der Waals surface area contributed by atoms with Crippen molar-refractivity contribution < 1.29 is 18.3 Å². The van der Waals surface area contributed by atoms with Gasteiger partial charge in [0.25, 0.3) is 5.56 Å². The van der Waals surface area contributed by atoms with E-state index in [1.54, 1.807) is 10.9 Å². The van der Waals surface area contributed by atoms with Gasteiger partial charge in [-0.1, -0.05) is 6.07 Å². The van der Waals surface area contributed by atoms with Crippen LogP contribution in [-0.4, -0.2) is 44.1 Å². The summed E-state index contributed by atoms with van der Waals surface area (Å²) >= 11 is 0. The fourth-order valence-electron chi connectivity index (χ4n) is 4.85. The summed E-state index contributed by atoms with van der Waals surface area (Å²) in [4.78, 5) is 30.6. The standard InChI is InChI=1S/C24H25F2N5O3/c1-14-8-29(11-21(28-14)18-3-4-19-20(15(18)2)12-34-23(19)33)9-16-10-30(13-27-16)17-5-6-31(24(25)26)22(32)7-17/h3-7,10,13-14,21,24,28H,8-9,11-12H2,1-2H3/t14-,21-/m0/s1. The van der Waals surface area contributed by atoms with E-state index in [-0.39, 0.29) is 18.1 Å². The topological polar surface area (TPSA) is 81.4 Å². The molecule has 10 heteroatoms. The summed E-state index contributed by atoms with van der Waals surface area (Å²) in [6, 6.07) is 6.83. The van der Waals surface area contributed by atoms with Crippen LogP contribution in [0.1, 0.15) is 52.3 Å². The van der Waals surface area contributed by atoms with Crippen LogP contribution in [0.25, 0.3) is 5.69 Å². The van der Waals surface area contributed by atoms with Gasteiger partial charge in [-0.3, -0.25) is 14.3 Å². The number of hydrogen-bond acceptors (Lipinski definition) is 6. The van der Waals surface area contributed by atoms with Crippen LogP contribution in [0.15, 0.2) is 47.8 Å². The number of piperazine rings is 1. The number of esters is 1. The molecule has 1 N–H and O–H groups in total. The van der Waals surface area contributed by atoms with Gasteiger partial charge in [-0.2, -0.15) is 8.78 Å². The van der Waals surface area contributed by atoms with Crippen molar-refractivity contribution in [1.29, 1.82) is 0 Å². The number of hydrogen-bond donors (Lipinski definition) is 1. The normalized spacial score (nSPS) is 20.6. The van der Waals surface area contributed by atoms with E-state index in [1.165, 1.54) is 12.1 Å². The van der Waals surface area contributed by atoms with Crippen molar-refractivity contribution in [3.05, 3.63) is 81.3 Å². The zero-order valence-electron chi connectivity index (χ0n) is 18.9. The summed E-state index contributed by atoms with van der Waals surface area (Å²) in [5.41, 5.74) is 4.37. The number of benzene rings is 1. The maximum absolute atomic E-state index is 12.8. The van der Waals surface area contributed by atoms with Crippen LogP contribution in [-0.2, 0) is 17.9 Å². The number of ether oxygens (including phenoxy) is 1. The van der Waals surface area contributed by atoms with Crippen LogP contribution < -0.4 is 10.9 Å². The summed E-state index contributed by atoms with van der Waals surface area (Å²) in [5.74, 6) is -0.265. The highest BCUT2D eigenvalue weighted by molar-refractivity contribution is 5.94. The molecule has 0 radical (unpaired) electrons. The van der Waals surface area contributed by atoms with Crippen molar-refractivity contribution in [2.24, 2.45) is 0 Å². The largest absolute Gasteiger partial charge is 0.457 e. The molecule has 1 aromatic carbocycles. The van der Waals surface area contributed by atoms with E-state index >= 15 is 0 Å². The molecule has 178 valence electrons. The van der Waals surface area contributed by atoms with E-state index in [2.05, 4.69) is 22.1 Å². The Hall–Kier alpha value is -3.37. The van der Waals surface area contributed by atoms with E-state index in [1.807, 2.05) is 25.3 Å². The second kappa shape index (κ2) is 8.77. The Morgan fingerprint density at radius 1 is 1.24 bits per heavy atom. The van der Waals surface area contributed by atoms with Crippen molar-refractivity contribution in [2.45, 2.75) is 45.6 Å². The predicted molar refractivity (Wildman–Crippen MR) is 120 cm³/mol. The molecule has 0 saturated carbocycles. The molecular weight excluding hydrogens is 444 g/mol. The Labute approximate surface area is 194 Å². The lowest BCUT2D eigenvalue weighted by atomic mass is 9.92. The summed E-state index contributed by atoms with van der Waals surface area (Å²) in [7, 11) is 0. The number of cyclic esters (lactones) is 1. The first-order valence-electron chi connectivity index (χ1n) is 11.1. The zero-order chi connectivity index (χ0) is 24.0. The lowest BCUT2D eigenvalue weighted by Crippen LogP contribution is -2.50. The number of halogens is 2. The quantitative estimate of drug-likeness (QED) is 0.579. The average molecular weight is 469 g/mol. The molecule has 0 spiro atoms. The lowest BCUT2D eigenvalue weighted by Gasteiger charge is -2.38. The van der Waals surface area contributed by atoms with Crippen LogP contribution >= 0.6 is 0 Å². The van der Waals surface area contributed by atoms with E-state index in [4.69, 9.17) is 4.74 Å². The minimum atomic E-state index is -2.87.